The Bertz CT molecular complexity index is 649. The van der Waals surface area contributed by atoms with Crippen LogP contribution in [0.2, 0.25) is 0 Å². The second kappa shape index (κ2) is 5.60. The van der Waals surface area contributed by atoms with E-state index in [1.807, 2.05) is 24.3 Å². The molecule has 21 heavy (non-hydrogen) atoms. The average Bonchev–Trinajstić information content (AvgIpc) is 3.08. The Morgan fingerprint density at radius 3 is 2.95 bits per heavy atom. The molecular formula is C16H20N4O. The SMILES string of the molecule is CC1CCC(NC(=O)c2ccn(-c3cccc(N)c3)n2)C1. The fourth-order valence-corrected chi connectivity index (χ4v) is 2.85. The molecule has 110 valence electrons. The smallest absolute Gasteiger partial charge is 0.272 e. The minimum atomic E-state index is -0.100. The minimum absolute atomic E-state index is 0.100. The van der Waals surface area contributed by atoms with E-state index in [0.29, 0.717) is 17.3 Å². The van der Waals surface area contributed by atoms with Crippen LogP contribution >= 0.6 is 0 Å². The van der Waals surface area contributed by atoms with Crippen molar-refractivity contribution >= 4 is 11.6 Å². The molecule has 1 aliphatic carbocycles. The van der Waals surface area contributed by atoms with Gasteiger partial charge in [-0.2, -0.15) is 5.10 Å². The number of anilines is 1. The molecule has 5 nitrogen and oxygen atoms in total. The van der Waals surface area contributed by atoms with Crippen LogP contribution in [0.3, 0.4) is 0 Å². The molecule has 1 aliphatic rings. The average molecular weight is 284 g/mol. The molecule has 5 heteroatoms. The van der Waals surface area contributed by atoms with Crippen LogP contribution in [0.4, 0.5) is 5.69 Å². The first-order chi connectivity index (χ1) is 10.1. The van der Waals surface area contributed by atoms with E-state index in [1.54, 1.807) is 16.9 Å². The van der Waals surface area contributed by atoms with Gasteiger partial charge in [0.15, 0.2) is 5.69 Å². The van der Waals surface area contributed by atoms with Gasteiger partial charge >= 0.3 is 0 Å². The lowest BCUT2D eigenvalue weighted by Crippen LogP contribution is -2.33. The summed E-state index contributed by atoms with van der Waals surface area (Å²) in [6, 6.07) is 9.44. The van der Waals surface area contributed by atoms with Crippen molar-refractivity contribution in [3.05, 3.63) is 42.2 Å². The Balaban J connectivity index is 1.71. The maximum atomic E-state index is 12.2. The fraction of sp³-hybridized carbons (Fsp3) is 0.375. The predicted octanol–water partition coefficient (Wildman–Crippen LogP) is 2.37. The van der Waals surface area contributed by atoms with E-state index in [1.165, 1.54) is 6.42 Å². The number of nitrogens with one attached hydrogen (secondary N) is 1. The van der Waals surface area contributed by atoms with Gasteiger partial charge in [0.25, 0.3) is 5.91 Å². The monoisotopic (exact) mass is 284 g/mol. The number of carbonyl (C=O) groups is 1. The Hall–Kier alpha value is -2.30. The number of hydrogen-bond donors (Lipinski definition) is 2. The Kier molecular flexibility index (Phi) is 3.64. The van der Waals surface area contributed by atoms with E-state index in [-0.39, 0.29) is 11.9 Å². The molecular weight excluding hydrogens is 264 g/mol. The van der Waals surface area contributed by atoms with Crippen molar-refractivity contribution in [2.24, 2.45) is 5.92 Å². The van der Waals surface area contributed by atoms with Gasteiger partial charge in [0.1, 0.15) is 0 Å². The first-order valence-corrected chi connectivity index (χ1v) is 7.34. The minimum Gasteiger partial charge on any atom is -0.399 e. The second-order valence-electron chi connectivity index (χ2n) is 5.83. The molecule has 1 aromatic heterocycles. The number of hydrogen-bond acceptors (Lipinski definition) is 3. The number of amides is 1. The molecule has 2 unspecified atom stereocenters. The van der Waals surface area contributed by atoms with Crippen molar-refractivity contribution in [3.63, 3.8) is 0 Å². The van der Waals surface area contributed by atoms with Crippen LogP contribution in [0.25, 0.3) is 5.69 Å². The summed E-state index contributed by atoms with van der Waals surface area (Å²) in [5.74, 6) is 0.594. The van der Waals surface area contributed by atoms with Gasteiger partial charge in [0, 0.05) is 17.9 Å². The lowest BCUT2D eigenvalue weighted by Gasteiger charge is -2.10. The van der Waals surface area contributed by atoms with Gasteiger partial charge in [-0.1, -0.05) is 13.0 Å². The highest BCUT2D eigenvalue weighted by molar-refractivity contribution is 5.92. The molecule has 0 saturated heterocycles. The Morgan fingerprint density at radius 2 is 2.24 bits per heavy atom. The van der Waals surface area contributed by atoms with Gasteiger partial charge in [0.2, 0.25) is 0 Å². The van der Waals surface area contributed by atoms with E-state index in [2.05, 4.69) is 17.3 Å². The molecule has 1 heterocycles. The molecule has 1 aromatic carbocycles. The number of nitrogens with zero attached hydrogens (tertiary/aromatic N) is 2. The van der Waals surface area contributed by atoms with Crippen LogP contribution in [0.1, 0.15) is 36.7 Å². The van der Waals surface area contributed by atoms with Gasteiger partial charge in [-0.25, -0.2) is 4.68 Å². The van der Waals surface area contributed by atoms with Gasteiger partial charge in [-0.3, -0.25) is 4.79 Å². The summed E-state index contributed by atoms with van der Waals surface area (Å²) in [7, 11) is 0. The molecule has 3 rings (SSSR count). The first kappa shape index (κ1) is 13.7. The van der Waals surface area contributed by atoms with E-state index in [0.717, 1.165) is 18.5 Å². The number of benzene rings is 1. The van der Waals surface area contributed by atoms with E-state index in [9.17, 15) is 4.79 Å². The van der Waals surface area contributed by atoms with Gasteiger partial charge in [-0.15, -0.1) is 0 Å². The normalized spacial score (nSPS) is 21.4. The highest BCUT2D eigenvalue weighted by Crippen LogP contribution is 2.24. The summed E-state index contributed by atoms with van der Waals surface area (Å²) in [5.41, 5.74) is 7.73. The van der Waals surface area contributed by atoms with Gasteiger partial charge < -0.3 is 11.1 Å². The maximum absolute atomic E-state index is 12.2. The summed E-state index contributed by atoms with van der Waals surface area (Å²) in [6.07, 6.45) is 5.08. The van der Waals surface area contributed by atoms with Gasteiger partial charge in [0.05, 0.1) is 5.69 Å². The van der Waals surface area contributed by atoms with Crippen LogP contribution in [0.5, 0.6) is 0 Å². The number of carbonyl (C=O) groups excluding carboxylic acids is 1. The van der Waals surface area contributed by atoms with Crippen LogP contribution in [-0.4, -0.2) is 21.7 Å². The molecule has 0 bridgehead atoms. The summed E-state index contributed by atoms with van der Waals surface area (Å²) < 4.78 is 1.67. The molecule has 1 saturated carbocycles. The molecule has 0 radical (unpaired) electrons. The molecule has 2 aromatic rings. The highest BCUT2D eigenvalue weighted by atomic mass is 16.2. The zero-order chi connectivity index (χ0) is 14.8. The summed E-state index contributed by atoms with van der Waals surface area (Å²) in [4.78, 5) is 12.2. The van der Waals surface area contributed by atoms with E-state index >= 15 is 0 Å². The molecule has 3 N–H and O–H groups in total. The van der Waals surface area contributed by atoms with Gasteiger partial charge in [-0.05, 0) is 49.4 Å². The number of nitrogen functional groups attached to an aromatic ring is 1. The molecule has 1 amide bonds. The van der Waals surface area contributed by atoms with Crippen LogP contribution in [0.15, 0.2) is 36.5 Å². The van der Waals surface area contributed by atoms with Crippen molar-refractivity contribution in [1.82, 2.24) is 15.1 Å². The quantitative estimate of drug-likeness (QED) is 0.850. The van der Waals surface area contributed by atoms with Crippen molar-refractivity contribution < 1.29 is 4.79 Å². The second-order valence-corrected chi connectivity index (χ2v) is 5.83. The predicted molar refractivity (Wildman–Crippen MR) is 82.2 cm³/mol. The zero-order valence-electron chi connectivity index (χ0n) is 12.1. The summed E-state index contributed by atoms with van der Waals surface area (Å²) in [5, 5.41) is 7.39. The number of nitrogens with two attached hydrogens (primary N) is 1. The number of rotatable bonds is 3. The molecule has 1 fully saturated rings. The number of aromatic nitrogens is 2. The van der Waals surface area contributed by atoms with Crippen molar-refractivity contribution in [3.8, 4) is 5.69 Å². The third kappa shape index (κ3) is 3.07. The highest BCUT2D eigenvalue weighted by Gasteiger charge is 2.23. The largest absolute Gasteiger partial charge is 0.399 e. The van der Waals surface area contributed by atoms with Crippen molar-refractivity contribution in [2.75, 3.05) is 5.73 Å². The van der Waals surface area contributed by atoms with E-state index < -0.39 is 0 Å². The van der Waals surface area contributed by atoms with Crippen molar-refractivity contribution in [2.45, 2.75) is 32.2 Å². The van der Waals surface area contributed by atoms with Crippen LogP contribution < -0.4 is 11.1 Å². The summed E-state index contributed by atoms with van der Waals surface area (Å²) in [6.45, 7) is 2.22. The van der Waals surface area contributed by atoms with Crippen LogP contribution in [0, 0.1) is 5.92 Å². The Labute approximate surface area is 124 Å². The lowest BCUT2D eigenvalue weighted by atomic mass is 10.1. The maximum Gasteiger partial charge on any atom is 0.272 e. The third-order valence-electron chi connectivity index (χ3n) is 3.99. The molecule has 0 spiro atoms. The third-order valence-corrected chi connectivity index (χ3v) is 3.99. The van der Waals surface area contributed by atoms with Crippen molar-refractivity contribution in [1.29, 1.82) is 0 Å². The first-order valence-electron chi connectivity index (χ1n) is 7.34. The fourth-order valence-electron chi connectivity index (χ4n) is 2.85. The zero-order valence-corrected chi connectivity index (χ0v) is 12.1. The van der Waals surface area contributed by atoms with Crippen LogP contribution in [-0.2, 0) is 0 Å². The topological polar surface area (TPSA) is 72.9 Å². The lowest BCUT2D eigenvalue weighted by molar-refractivity contribution is 0.0932. The summed E-state index contributed by atoms with van der Waals surface area (Å²) >= 11 is 0. The van der Waals surface area contributed by atoms with E-state index in [4.69, 9.17) is 5.73 Å². The standard InChI is InChI=1S/C16H20N4O/c1-11-5-6-13(9-11)18-16(21)15-7-8-20(19-15)14-4-2-3-12(17)10-14/h2-4,7-8,10-11,13H,5-6,9,17H2,1H3,(H,18,21). The Morgan fingerprint density at radius 1 is 1.38 bits per heavy atom. The molecule has 0 aliphatic heterocycles. The molecule has 2 atom stereocenters.